The number of allylic oxidation sites excluding steroid dienone is 1. The number of hydrogen-bond donors (Lipinski definition) is 0. The third kappa shape index (κ3) is 3.05. The zero-order valence-electron chi connectivity index (χ0n) is 15.0. The minimum atomic E-state index is -0.0901. The number of amides is 1. The van der Waals surface area contributed by atoms with Crippen LogP contribution in [0.1, 0.15) is 12.5 Å². The number of likely N-dealkylation sites (N-methyl/N-ethyl adjacent to an activating group) is 1. The Labute approximate surface area is 168 Å². The van der Waals surface area contributed by atoms with Gasteiger partial charge >= 0.3 is 0 Å². The molecule has 136 valence electrons. The summed E-state index contributed by atoms with van der Waals surface area (Å²) in [5, 5.41) is 0. The molecule has 0 unspecified atom stereocenters. The summed E-state index contributed by atoms with van der Waals surface area (Å²) < 4.78 is 5.74. The van der Waals surface area contributed by atoms with Gasteiger partial charge in [-0.25, -0.2) is 0 Å². The van der Waals surface area contributed by atoms with E-state index >= 15 is 0 Å². The van der Waals surface area contributed by atoms with Crippen LogP contribution >= 0.6 is 24.0 Å². The third-order valence-corrected chi connectivity index (χ3v) is 5.97. The average Bonchev–Trinajstić information content (AvgIpc) is 3.01. The molecule has 0 atom stereocenters. The topological polar surface area (TPSA) is 32.8 Å². The Morgan fingerprint density at radius 2 is 1.81 bits per heavy atom. The molecule has 0 spiro atoms. The Balaban J connectivity index is 1.74. The zero-order valence-corrected chi connectivity index (χ0v) is 16.6. The molecular weight excluding hydrogens is 376 g/mol. The number of benzene rings is 2. The number of nitrogens with zero attached hydrogens (tertiary/aromatic N) is 2. The first-order valence-electron chi connectivity index (χ1n) is 8.63. The van der Waals surface area contributed by atoms with Crippen LogP contribution in [0.5, 0.6) is 5.75 Å². The molecule has 4 rings (SSSR count). The summed E-state index contributed by atoms with van der Waals surface area (Å²) in [6.45, 7) is 2.85. The van der Waals surface area contributed by atoms with Gasteiger partial charge in [-0.1, -0.05) is 48.3 Å². The van der Waals surface area contributed by atoms with Crippen molar-refractivity contribution in [3.05, 3.63) is 70.8 Å². The van der Waals surface area contributed by atoms with Crippen molar-refractivity contribution in [2.24, 2.45) is 0 Å². The highest BCUT2D eigenvalue weighted by atomic mass is 32.2. The number of carbonyl (C=O) groups excluding carboxylic acids is 1. The van der Waals surface area contributed by atoms with Gasteiger partial charge in [0.1, 0.15) is 10.7 Å². The molecule has 6 heteroatoms. The lowest BCUT2D eigenvalue weighted by molar-refractivity contribution is -0.113. The van der Waals surface area contributed by atoms with E-state index in [2.05, 4.69) is 30.0 Å². The van der Waals surface area contributed by atoms with Crippen LogP contribution < -0.4 is 14.5 Å². The molecule has 2 aliphatic heterocycles. The van der Waals surface area contributed by atoms with E-state index in [-0.39, 0.29) is 5.91 Å². The Morgan fingerprint density at radius 3 is 2.52 bits per heavy atom. The predicted octanol–water partition coefficient (Wildman–Crippen LogP) is 4.82. The van der Waals surface area contributed by atoms with Crippen LogP contribution in [0.25, 0.3) is 6.08 Å². The van der Waals surface area contributed by atoms with Crippen LogP contribution in [-0.2, 0) is 4.79 Å². The standard InChI is InChI=1S/C21H18N2O2S2/c1-3-22-17-7-5-4-6-14(17)8-13-18(22)19-20(24)23(21(26)27-19)15-9-11-16(25-2)12-10-15/h4-13H,3H2,1-2H3/b19-18-. The predicted molar refractivity (Wildman–Crippen MR) is 116 cm³/mol. The van der Waals surface area contributed by atoms with E-state index < -0.39 is 0 Å². The number of thiocarbonyl (C=S) groups is 1. The molecule has 0 radical (unpaired) electrons. The van der Waals surface area contributed by atoms with Crippen molar-refractivity contribution < 1.29 is 9.53 Å². The molecule has 4 nitrogen and oxygen atoms in total. The highest BCUT2D eigenvalue weighted by Crippen LogP contribution is 2.41. The lowest BCUT2D eigenvalue weighted by Gasteiger charge is -2.30. The van der Waals surface area contributed by atoms with Crippen molar-refractivity contribution in [2.45, 2.75) is 6.92 Å². The van der Waals surface area contributed by atoms with E-state index in [9.17, 15) is 4.79 Å². The highest BCUT2D eigenvalue weighted by Gasteiger charge is 2.37. The van der Waals surface area contributed by atoms with Crippen LogP contribution in [0.2, 0.25) is 0 Å². The second-order valence-corrected chi connectivity index (χ2v) is 7.70. The van der Waals surface area contributed by atoms with E-state index in [1.165, 1.54) is 11.8 Å². The molecule has 27 heavy (non-hydrogen) atoms. The lowest BCUT2D eigenvalue weighted by atomic mass is 10.1. The maximum atomic E-state index is 13.2. The maximum absolute atomic E-state index is 13.2. The summed E-state index contributed by atoms with van der Waals surface area (Å²) in [6.07, 6.45) is 4.06. The summed E-state index contributed by atoms with van der Waals surface area (Å²) in [5.41, 5.74) is 3.89. The molecule has 1 amide bonds. The maximum Gasteiger partial charge on any atom is 0.272 e. The summed E-state index contributed by atoms with van der Waals surface area (Å²) in [5.74, 6) is 0.652. The summed E-state index contributed by atoms with van der Waals surface area (Å²) >= 11 is 6.87. The molecule has 0 aliphatic carbocycles. The summed E-state index contributed by atoms with van der Waals surface area (Å²) in [7, 11) is 1.62. The van der Waals surface area contributed by atoms with Crippen molar-refractivity contribution in [3.63, 3.8) is 0 Å². The molecule has 2 aliphatic rings. The molecule has 2 aromatic carbocycles. The number of thioether (sulfide) groups is 1. The number of ether oxygens (including phenoxy) is 1. The van der Waals surface area contributed by atoms with Crippen molar-refractivity contribution in [2.75, 3.05) is 23.5 Å². The lowest BCUT2D eigenvalue weighted by Crippen LogP contribution is -2.30. The fourth-order valence-electron chi connectivity index (χ4n) is 3.28. The summed E-state index contributed by atoms with van der Waals surface area (Å²) in [6, 6.07) is 15.5. The Kier molecular flexibility index (Phi) is 4.76. The third-order valence-electron chi connectivity index (χ3n) is 4.59. The van der Waals surface area contributed by atoms with E-state index in [0.717, 1.165) is 34.9 Å². The SMILES string of the molecule is CCN1/C(=C2\SC(=S)N(c3ccc(OC)cc3)C2=O)C=Cc2ccccc21. The largest absolute Gasteiger partial charge is 0.497 e. The smallest absolute Gasteiger partial charge is 0.272 e. The fourth-order valence-corrected chi connectivity index (χ4v) is 4.63. The van der Waals surface area contributed by atoms with Gasteiger partial charge in [-0.2, -0.15) is 0 Å². The fraction of sp³-hybridized carbons (Fsp3) is 0.143. The highest BCUT2D eigenvalue weighted by molar-refractivity contribution is 8.27. The molecule has 0 saturated carbocycles. The van der Waals surface area contributed by atoms with Crippen LogP contribution in [0, 0.1) is 0 Å². The van der Waals surface area contributed by atoms with Crippen LogP contribution in [-0.4, -0.2) is 23.9 Å². The molecule has 0 aromatic heterocycles. The molecule has 0 N–H and O–H groups in total. The van der Waals surface area contributed by atoms with Crippen LogP contribution in [0.15, 0.2) is 65.2 Å². The van der Waals surface area contributed by atoms with Gasteiger partial charge in [-0.3, -0.25) is 9.69 Å². The molecule has 1 saturated heterocycles. The van der Waals surface area contributed by atoms with Crippen molar-refractivity contribution in [3.8, 4) is 5.75 Å². The average molecular weight is 395 g/mol. The first-order valence-corrected chi connectivity index (χ1v) is 9.85. The van der Waals surface area contributed by atoms with Gasteiger partial charge in [0.25, 0.3) is 5.91 Å². The second-order valence-electron chi connectivity index (χ2n) is 6.06. The first-order chi connectivity index (χ1) is 13.1. The van der Waals surface area contributed by atoms with E-state index in [0.29, 0.717) is 9.23 Å². The number of anilines is 2. The van der Waals surface area contributed by atoms with Crippen molar-refractivity contribution in [1.29, 1.82) is 0 Å². The minimum absolute atomic E-state index is 0.0901. The zero-order chi connectivity index (χ0) is 19.0. The van der Waals surface area contributed by atoms with Crippen molar-refractivity contribution in [1.82, 2.24) is 0 Å². The van der Waals surface area contributed by atoms with Gasteiger partial charge < -0.3 is 9.64 Å². The van der Waals surface area contributed by atoms with E-state index in [4.69, 9.17) is 17.0 Å². The Hall–Kier alpha value is -2.57. The molecule has 1 fully saturated rings. The molecule has 2 heterocycles. The van der Waals surface area contributed by atoms with E-state index in [1.54, 1.807) is 12.0 Å². The normalized spacial score (nSPS) is 18.9. The number of hydrogen-bond acceptors (Lipinski definition) is 5. The molecule has 2 aromatic rings. The number of para-hydroxylation sites is 1. The number of methoxy groups -OCH3 is 1. The van der Waals surface area contributed by atoms with Gasteiger partial charge in [0.15, 0.2) is 4.32 Å². The quantitative estimate of drug-likeness (QED) is 0.550. The van der Waals surface area contributed by atoms with Gasteiger partial charge in [0.2, 0.25) is 0 Å². The van der Waals surface area contributed by atoms with Gasteiger partial charge in [-0.05, 0) is 48.9 Å². The van der Waals surface area contributed by atoms with Crippen molar-refractivity contribution >= 4 is 51.7 Å². The van der Waals surface area contributed by atoms with Gasteiger partial charge in [0.05, 0.1) is 18.5 Å². The molecular formula is C21H18N2O2S2. The van der Waals surface area contributed by atoms with Gasteiger partial charge in [0, 0.05) is 12.2 Å². The summed E-state index contributed by atoms with van der Waals surface area (Å²) in [4.78, 5) is 17.6. The Bertz CT molecular complexity index is 980. The second kappa shape index (κ2) is 7.21. The Morgan fingerprint density at radius 1 is 1.07 bits per heavy atom. The number of rotatable bonds is 3. The van der Waals surface area contributed by atoms with Crippen LogP contribution in [0.3, 0.4) is 0 Å². The number of fused-ring (bicyclic) bond motifs is 1. The van der Waals surface area contributed by atoms with Gasteiger partial charge in [-0.15, -0.1) is 0 Å². The minimum Gasteiger partial charge on any atom is -0.497 e. The molecule has 0 bridgehead atoms. The first kappa shape index (κ1) is 17.8. The number of carbonyl (C=O) groups is 1. The monoisotopic (exact) mass is 394 g/mol. The van der Waals surface area contributed by atoms with Crippen LogP contribution in [0.4, 0.5) is 11.4 Å². The van der Waals surface area contributed by atoms with E-state index in [1.807, 2.05) is 42.5 Å².